The number of aryl methyl sites for hydroxylation is 2. The van der Waals surface area contributed by atoms with Gasteiger partial charge in [-0.2, -0.15) is 5.10 Å². The van der Waals surface area contributed by atoms with Crippen molar-refractivity contribution < 1.29 is 8.42 Å². The third-order valence-electron chi connectivity index (χ3n) is 3.82. The topological polar surface area (TPSA) is 64.0 Å². The molecule has 0 radical (unpaired) electrons. The van der Waals surface area contributed by atoms with Gasteiger partial charge in [-0.05, 0) is 32.8 Å². The maximum atomic E-state index is 12.1. The molecule has 0 spiro atoms. The van der Waals surface area contributed by atoms with E-state index in [-0.39, 0.29) is 5.75 Å². The van der Waals surface area contributed by atoms with E-state index in [1.807, 2.05) is 31.5 Å². The molecule has 0 saturated heterocycles. The Hall–Kier alpha value is -1.82. The Morgan fingerprint density at radius 3 is 2.61 bits per heavy atom. The van der Waals surface area contributed by atoms with Crippen LogP contribution < -0.4 is 4.72 Å². The Morgan fingerprint density at radius 1 is 1.22 bits per heavy atom. The second kappa shape index (κ2) is 7.17. The molecule has 0 unspecified atom stereocenters. The lowest BCUT2D eigenvalue weighted by Gasteiger charge is -2.09. The largest absolute Gasteiger partial charge is 0.280 e. The SMILES string of the molecule is CCCCS(=O)(=O)Nc1c(C)nn(Cc2cccc(C)c2)c1C. The zero-order chi connectivity index (χ0) is 17.0. The lowest BCUT2D eigenvalue weighted by molar-refractivity contribution is 0.597. The molecule has 0 atom stereocenters. The lowest BCUT2D eigenvalue weighted by atomic mass is 10.1. The van der Waals surface area contributed by atoms with E-state index in [0.29, 0.717) is 24.3 Å². The second-order valence-corrected chi connectivity index (χ2v) is 7.81. The van der Waals surface area contributed by atoms with E-state index in [0.717, 1.165) is 17.7 Å². The monoisotopic (exact) mass is 335 g/mol. The number of sulfonamides is 1. The van der Waals surface area contributed by atoms with E-state index in [1.165, 1.54) is 5.56 Å². The number of unbranched alkanes of at least 4 members (excludes halogenated alkanes) is 1. The van der Waals surface area contributed by atoms with Crippen LogP contribution in [0.15, 0.2) is 24.3 Å². The Labute approximate surface area is 138 Å². The van der Waals surface area contributed by atoms with Crippen LogP contribution in [0.5, 0.6) is 0 Å². The van der Waals surface area contributed by atoms with Gasteiger partial charge in [-0.15, -0.1) is 0 Å². The van der Waals surface area contributed by atoms with Crippen molar-refractivity contribution >= 4 is 15.7 Å². The average Bonchev–Trinajstić information content (AvgIpc) is 2.73. The summed E-state index contributed by atoms with van der Waals surface area (Å²) in [7, 11) is -3.31. The molecule has 2 aromatic rings. The molecule has 1 aromatic carbocycles. The first kappa shape index (κ1) is 17.5. The van der Waals surface area contributed by atoms with Crippen LogP contribution >= 0.6 is 0 Å². The third kappa shape index (κ3) is 4.58. The van der Waals surface area contributed by atoms with Crippen molar-refractivity contribution in [3.8, 4) is 0 Å². The van der Waals surface area contributed by atoms with Gasteiger partial charge in [0.15, 0.2) is 0 Å². The summed E-state index contributed by atoms with van der Waals surface area (Å²) in [6.45, 7) is 8.39. The highest BCUT2D eigenvalue weighted by Gasteiger charge is 2.17. The first-order valence-corrected chi connectivity index (χ1v) is 9.57. The van der Waals surface area contributed by atoms with E-state index >= 15 is 0 Å². The van der Waals surface area contributed by atoms with Crippen molar-refractivity contribution in [2.45, 2.75) is 47.1 Å². The normalized spacial score (nSPS) is 11.7. The van der Waals surface area contributed by atoms with Gasteiger partial charge < -0.3 is 0 Å². The Balaban J connectivity index is 2.22. The molecule has 0 saturated carbocycles. The van der Waals surface area contributed by atoms with Crippen LogP contribution in [0.3, 0.4) is 0 Å². The van der Waals surface area contributed by atoms with Gasteiger partial charge in [-0.3, -0.25) is 9.40 Å². The van der Waals surface area contributed by atoms with Crippen molar-refractivity contribution in [1.29, 1.82) is 0 Å². The molecule has 0 aliphatic carbocycles. The fourth-order valence-corrected chi connectivity index (χ4v) is 3.90. The molecular weight excluding hydrogens is 310 g/mol. The Bertz CT molecular complexity index is 779. The van der Waals surface area contributed by atoms with Crippen LogP contribution in [0.1, 0.15) is 42.3 Å². The molecule has 5 nitrogen and oxygen atoms in total. The summed E-state index contributed by atoms with van der Waals surface area (Å²) < 4.78 is 28.8. The van der Waals surface area contributed by atoms with Crippen LogP contribution in [0, 0.1) is 20.8 Å². The number of rotatable bonds is 7. The first-order valence-electron chi connectivity index (χ1n) is 7.92. The van der Waals surface area contributed by atoms with E-state index in [9.17, 15) is 8.42 Å². The predicted molar refractivity (Wildman–Crippen MR) is 94.3 cm³/mol. The fourth-order valence-electron chi connectivity index (χ4n) is 2.52. The van der Waals surface area contributed by atoms with E-state index in [1.54, 1.807) is 0 Å². The van der Waals surface area contributed by atoms with E-state index in [2.05, 4.69) is 34.9 Å². The maximum absolute atomic E-state index is 12.1. The molecule has 126 valence electrons. The summed E-state index contributed by atoms with van der Waals surface area (Å²) in [6, 6.07) is 8.23. The van der Waals surface area contributed by atoms with Gasteiger partial charge in [-0.25, -0.2) is 8.42 Å². The maximum Gasteiger partial charge on any atom is 0.232 e. The number of nitrogens with one attached hydrogen (secondary N) is 1. The summed E-state index contributed by atoms with van der Waals surface area (Å²) in [4.78, 5) is 0. The molecule has 1 aromatic heterocycles. The molecule has 0 aliphatic heterocycles. The van der Waals surface area contributed by atoms with Crippen molar-refractivity contribution in [2.24, 2.45) is 0 Å². The molecular formula is C17H25N3O2S. The Kier molecular flexibility index (Phi) is 5.46. The van der Waals surface area contributed by atoms with E-state index < -0.39 is 10.0 Å². The molecule has 0 amide bonds. The van der Waals surface area contributed by atoms with Gasteiger partial charge >= 0.3 is 0 Å². The average molecular weight is 335 g/mol. The fraction of sp³-hybridized carbons (Fsp3) is 0.471. The molecule has 1 N–H and O–H groups in total. The third-order valence-corrected chi connectivity index (χ3v) is 5.16. The van der Waals surface area contributed by atoms with Crippen molar-refractivity contribution in [1.82, 2.24) is 9.78 Å². The lowest BCUT2D eigenvalue weighted by Crippen LogP contribution is -2.17. The minimum atomic E-state index is -3.31. The number of hydrogen-bond donors (Lipinski definition) is 1. The quantitative estimate of drug-likeness (QED) is 0.843. The number of hydrogen-bond acceptors (Lipinski definition) is 3. The minimum Gasteiger partial charge on any atom is -0.280 e. The summed E-state index contributed by atoms with van der Waals surface area (Å²) in [5.41, 5.74) is 4.49. The van der Waals surface area contributed by atoms with Crippen molar-refractivity contribution in [2.75, 3.05) is 10.5 Å². The van der Waals surface area contributed by atoms with Gasteiger partial charge in [0.25, 0.3) is 0 Å². The highest BCUT2D eigenvalue weighted by atomic mass is 32.2. The molecule has 23 heavy (non-hydrogen) atoms. The van der Waals surface area contributed by atoms with Crippen LogP contribution in [0.4, 0.5) is 5.69 Å². The number of aromatic nitrogens is 2. The summed E-state index contributed by atoms with van der Waals surface area (Å²) in [5.74, 6) is 0.144. The molecule has 0 fully saturated rings. The van der Waals surface area contributed by atoms with Crippen LogP contribution in [0.25, 0.3) is 0 Å². The van der Waals surface area contributed by atoms with Gasteiger partial charge in [0.2, 0.25) is 10.0 Å². The minimum absolute atomic E-state index is 0.144. The highest BCUT2D eigenvalue weighted by molar-refractivity contribution is 7.92. The zero-order valence-corrected chi connectivity index (χ0v) is 15.1. The van der Waals surface area contributed by atoms with Crippen molar-refractivity contribution in [3.05, 3.63) is 46.8 Å². The highest BCUT2D eigenvalue weighted by Crippen LogP contribution is 2.22. The second-order valence-electron chi connectivity index (χ2n) is 5.97. The molecule has 2 rings (SSSR count). The Morgan fingerprint density at radius 2 is 1.96 bits per heavy atom. The van der Waals surface area contributed by atoms with Crippen LogP contribution in [-0.2, 0) is 16.6 Å². The number of anilines is 1. The van der Waals surface area contributed by atoms with Gasteiger partial charge in [0.05, 0.1) is 29.4 Å². The van der Waals surface area contributed by atoms with Crippen LogP contribution in [-0.4, -0.2) is 24.0 Å². The predicted octanol–water partition coefficient (Wildman–Crippen LogP) is 3.40. The van der Waals surface area contributed by atoms with Crippen molar-refractivity contribution in [3.63, 3.8) is 0 Å². The summed E-state index contributed by atoms with van der Waals surface area (Å²) in [6.07, 6.45) is 1.51. The molecule has 0 aliphatic rings. The van der Waals surface area contributed by atoms with Crippen LogP contribution in [0.2, 0.25) is 0 Å². The van der Waals surface area contributed by atoms with Gasteiger partial charge in [0.1, 0.15) is 0 Å². The molecule has 0 bridgehead atoms. The smallest absolute Gasteiger partial charge is 0.232 e. The number of nitrogens with zero attached hydrogens (tertiary/aromatic N) is 2. The molecule has 6 heteroatoms. The summed E-state index contributed by atoms with van der Waals surface area (Å²) in [5, 5.41) is 4.49. The number of benzene rings is 1. The van der Waals surface area contributed by atoms with E-state index in [4.69, 9.17) is 0 Å². The standard InChI is InChI=1S/C17H25N3O2S/c1-5-6-10-23(21,22)19-17-14(3)18-20(15(17)4)12-16-9-7-8-13(2)11-16/h7-9,11,19H,5-6,10,12H2,1-4H3. The molecule has 1 heterocycles. The zero-order valence-electron chi connectivity index (χ0n) is 14.3. The van der Waals surface area contributed by atoms with Gasteiger partial charge in [-0.1, -0.05) is 43.2 Å². The summed E-state index contributed by atoms with van der Waals surface area (Å²) >= 11 is 0. The first-order chi connectivity index (χ1) is 10.8. The van der Waals surface area contributed by atoms with Gasteiger partial charge in [0, 0.05) is 0 Å².